The number of rotatable bonds is 8. The molecule has 3 aromatic rings. The van der Waals surface area contributed by atoms with Gasteiger partial charge in [-0.25, -0.2) is 4.98 Å². The molecule has 1 amide bonds. The highest BCUT2D eigenvalue weighted by atomic mass is 16.5. The first kappa shape index (κ1) is 23.8. The minimum absolute atomic E-state index is 0.0175. The van der Waals surface area contributed by atoms with Gasteiger partial charge in [0.1, 0.15) is 0 Å². The van der Waals surface area contributed by atoms with Crippen LogP contribution in [0.25, 0.3) is 0 Å². The van der Waals surface area contributed by atoms with Crippen LogP contribution in [0.5, 0.6) is 11.5 Å². The summed E-state index contributed by atoms with van der Waals surface area (Å²) in [6.45, 7) is 9.09. The number of methoxy groups -OCH3 is 2. The highest BCUT2D eigenvalue weighted by Gasteiger charge is 2.31. The maximum atomic E-state index is 12.8. The van der Waals surface area contributed by atoms with Gasteiger partial charge in [0.05, 0.1) is 38.0 Å². The van der Waals surface area contributed by atoms with Crippen molar-refractivity contribution in [2.75, 3.05) is 33.9 Å². The van der Waals surface area contributed by atoms with Gasteiger partial charge in [-0.2, -0.15) is 0 Å². The Bertz CT molecular complexity index is 1140. The molecule has 2 heterocycles. The van der Waals surface area contributed by atoms with Gasteiger partial charge >= 0.3 is 0 Å². The number of ether oxygens (including phenoxy) is 2. The van der Waals surface area contributed by atoms with E-state index < -0.39 is 0 Å². The van der Waals surface area contributed by atoms with Gasteiger partial charge in [-0.1, -0.05) is 12.1 Å². The maximum Gasteiger partial charge on any atom is 0.253 e. The van der Waals surface area contributed by atoms with Gasteiger partial charge in [0, 0.05) is 31.7 Å². The van der Waals surface area contributed by atoms with Crippen molar-refractivity contribution in [1.29, 1.82) is 0 Å². The monoisotopic (exact) mass is 462 g/mol. The molecule has 0 fully saturated rings. The van der Waals surface area contributed by atoms with Crippen molar-refractivity contribution in [2.45, 2.75) is 39.8 Å². The lowest BCUT2D eigenvalue weighted by atomic mass is 9.87. The van der Waals surface area contributed by atoms with E-state index in [4.69, 9.17) is 9.47 Å². The Hall–Kier alpha value is -3.32. The number of imidazole rings is 1. The maximum absolute atomic E-state index is 12.8. The summed E-state index contributed by atoms with van der Waals surface area (Å²) in [5, 5.41) is 0. The first-order valence-electron chi connectivity index (χ1n) is 11.9. The Morgan fingerprint density at radius 1 is 1.12 bits per heavy atom. The Labute approximate surface area is 201 Å². The van der Waals surface area contributed by atoms with E-state index >= 15 is 0 Å². The summed E-state index contributed by atoms with van der Waals surface area (Å²) in [4.78, 5) is 24.8. The summed E-state index contributed by atoms with van der Waals surface area (Å²) in [7, 11) is 3.34. The second-order valence-electron chi connectivity index (χ2n) is 8.59. The highest BCUT2D eigenvalue weighted by Crippen LogP contribution is 2.41. The van der Waals surface area contributed by atoms with Gasteiger partial charge in [-0.15, -0.1) is 0 Å². The third-order valence-electron chi connectivity index (χ3n) is 6.79. The molecule has 0 saturated heterocycles. The Morgan fingerprint density at radius 3 is 2.38 bits per heavy atom. The molecule has 0 aliphatic carbocycles. The summed E-state index contributed by atoms with van der Waals surface area (Å²) < 4.78 is 11.2. The van der Waals surface area contributed by atoms with Crippen molar-refractivity contribution in [2.24, 2.45) is 0 Å². The van der Waals surface area contributed by atoms with Crippen molar-refractivity contribution < 1.29 is 14.3 Å². The van der Waals surface area contributed by atoms with E-state index in [9.17, 15) is 4.79 Å². The molecule has 180 valence electrons. The fourth-order valence-corrected chi connectivity index (χ4v) is 4.81. The summed E-state index contributed by atoms with van der Waals surface area (Å²) in [6, 6.07) is 12.3. The van der Waals surface area contributed by atoms with Crippen LogP contribution < -0.4 is 9.47 Å². The predicted octanol–water partition coefficient (Wildman–Crippen LogP) is 4.37. The number of aryl methyl sites for hydroxylation is 1. The number of nitrogens with zero attached hydrogens (tertiary/aromatic N) is 3. The average Bonchev–Trinajstić information content (AvgIpc) is 3.27. The molecule has 0 saturated carbocycles. The Balaban J connectivity index is 1.75. The Kier molecular flexibility index (Phi) is 7.22. The van der Waals surface area contributed by atoms with Crippen LogP contribution in [0.2, 0.25) is 0 Å². The van der Waals surface area contributed by atoms with Gasteiger partial charge in [-0.3, -0.25) is 9.69 Å². The van der Waals surface area contributed by atoms with Crippen LogP contribution in [0.3, 0.4) is 0 Å². The van der Waals surface area contributed by atoms with Crippen LogP contribution in [-0.2, 0) is 13.0 Å². The molecular weight excluding hydrogens is 428 g/mol. The number of H-pyrrole nitrogens is 1. The number of carbonyl (C=O) groups is 1. The minimum Gasteiger partial charge on any atom is -0.493 e. The molecule has 4 rings (SSSR count). The molecule has 2 aromatic carbocycles. The summed E-state index contributed by atoms with van der Waals surface area (Å²) in [6.07, 6.45) is 2.66. The highest BCUT2D eigenvalue weighted by molar-refractivity contribution is 5.94. The molecule has 0 radical (unpaired) electrons. The molecule has 1 aromatic heterocycles. The van der Waals surface area contributed by atoms with Crippen molar-refractivity contribution in [3.05, 3.63) is 76.4 Å². The lowest BCUT2D eigenvalue weighted by Crippen LogP contribution is -2.36. The molecule has 1 aliphatic heterocycles. The smallest absolute Gasteiger partial charge is 0.253 e. The zero-order valence-corrected chi connectivity index (χ0v) is 20.7. The van der Waals surface area contributed by atoms with Crippen molar-refractivity contribution in [3.63, 3.8) is 0 Å². The number of carbonyl (C=O) groups excluding carboxylic acids is 1. The molecule has 34 heavy (non-hydrogen) atoms. The van der Waals surface area contributed by atoms with Crippen LogP contribution in [0.15, 0.2) is 42.7 Å². The van der Waals surface area contributed by atoms with E-state index in [-0.39, 0.29) is 11.9 Å². The zero-order chi connectivity index (χ0) is 24.2. The minimum atomic E-state index is 0.0175. The first-order chi connectivity index (χ1) is 16.5. The quantitative estimate of drug-likeness (QED) is 0.538. The number of hydrogen-bond donors (Lipinski definition) is 1. The van der Waals surface area contributed by atoms with Gasteiger partial charge in [-0.05, 0) is 68.1 Å². The number of nitrogens with one attached hydrogen (secondary N) is 1. The van der Waals surface area contributed by atoms with Crippen molar-refractivity contribution in [3.8, 4) is 11.5 Å². The van der Waals surface area contributed by atoms with Gasteiger partial charge in [0.15, 0.2) is 11.5 Å². The number of aromatic nitrogens is 2. The van der Waals surface area contributed by atoms with E-state index in [2.05, 4.69) is 39.1 Å². The molecule has 7 nitrogen and oxygen atoms in total. The number of hydrogen-bond acceptors (Lipinski definition) is 5. The first-order valence-corrected chi connectivity index (χ1v) is 11.9. The summed E-state index contributed by atoms with van der Waals surface area (Å²) >= 11 is 0. The summed E-state index contributed by atoms with van der Waals surface area (Å²) in [5.74, 6) is 1.54. The van der Waals surface area contributed by atoms with Gasteiger partial charge in [0.25, 0.3) is 5.91 Å². The van der Waals surface area contributed by atoms with E-state index in [0.29, 0.717) is 18.7 Å². The van der Waals surface area contributed by atoms with E-state index in [1.807, 2.05) is 37.8 Å². The van der Waals surface area contributed by atoms with Crippen LogP contribution in [0.4, 0.5) is 0 Å². The van der Waals surface area contributed by atoms with Gasteiger partial charge < -0.3 is 19.4 Å². The molecule has 0 bridgehead atoms. The fraction of sp³-hybridized carbons (Fsp3) is 0.407. The standard InChI is InChI=1S/C27H34N4O3/c1-6-30(7-2)27(32)20-10-8-19(9-11-20)26-22-15-25(34-5)24(33-4)14-21(22)12-13-31(26)16-23-18(3)28-17-29-23/h8-11,14-15,17,26H,6-7,12-13,16H2,1-5H3,(H,28,29)/t26-/m0/s1. The fourth-order valence-electron chi connectivity index (χ4n) is 4.81. The molecule has 1 N–H and O–H groups in total. The second kappa shape index (κ2) is 10.3. The topological polar surface area (TPSA) is 70.7 Å². The zero-order valence-electron chi connectivity index (χ0n) is 20.7. The van der Waals surface area contributed by atoms with Crippen molar-refractivity contribution >= 4 is 5.91 Å². The SMILES string of the molecule is CCN(CC)C(=O)c1ccc([C@H]2c3cc(OC)c(OC)cc3CCN2Cc2[nH]cnc2C)cc1. The largest absolute Gasteiger partial charge is 0.493 e. The number of aromatic amines is 1. The molecule has 0 spiro atoms. The van der Waals surface area contributed by atoms with Crippen LogP contribution >= 0.6 is 0 Å². The molecule has 1 atom stereocenters. The molecule has 0 unspecified atom stereocenters. The van der Waals surface area contributed by atoms with E-state index in [0.717, 1.165) is 48.0 Å². The number of benzene rings is 2. The normalized spacial score (nSPS) is 15.6. The average molecular weight is 463 g/mol. The van der Waals surface area contributed by atoms with Crippen LogP contribution in [0, 0.1) is 6.92 Å². The molecule has 7 heteroatoms. The third kappa shape index (κ3) is 4.53. The van der Waals surface area contributed by atoms with Gasteiger partial charge in [0.2, 0.25) is 0 Å². The lowest BCUT2D eigenvalue weighted by Gasteiger charge is -2.38. The van der Waals surface area contributed by atoms with E-state index in [1.54, 1.807) is 20.5 Å². The Morgan fingerprint density at radius 2 is 1.79 bits per heavy atom. The second-order valence-corrected chi connectivity index (χ2v) is 8.59. The van der Waals surface area contributed by atoms with E-state index in [1.165, 1.54) is 11.1 Å². The van der Waals surface area contributed by atoms with Crippen LogP contribution in [0.1, 0.15) is 58.3 Å². The predicted molar refractivity (Wildman–Crippen MR) is 133 cm³/mol. The van der Waals surface area contributed by atoms with Crippen molar-refractivity contribution in [1.82, 2.24) is 19.8 Å². The van der Waals surface area contributed by atoms with Crippen LogP contribution in [-0.4, -0.2) is 59.5 Å². The summed E-state index contributed by atoms with van der Waals surface area (Å²) in [5.41, 5.74) is 6.43. The third-order valence-corrected chi connectivity index (χ3v) is 6.79. The lowest BCUT2D eigenvalue weighted by molar-refractivity contribution is 0.0773. The number of amides is 1. The molecular formula is C27H34N4O3. The molecule has 1 aliphatic rings. The number of fused-ring (bicyclic) bond motifs is 1.